The molecule has 7 heteroatoms. The summed E-state index contributed by atoms with van der Waals surface area (Å²) in [7, 11) is 0. The SMILES string of the molecule is O=C(N/N=C/c1ccco1)c1scc2c1NC(=O)C2(c1ccccc1)c1ccccc1. The molecule has 0 fully saturated rings. The molecule has 0 atom stereocenters. The van der Waals surface area contributed by atoms with E-state index in [-0.39, 0.29) is 5.91 Å². The zero-order chi connectivity index (χ0) is 21.3. The molecular weight excluding hydrogens is 410 g/mol. The number of nitrogens with zero attached hydrogens (tertiary/aromatic N) is 1. The molecular formula is C24H17N3O3S. The van der Waals surface area contributed by atoms with Crippen molar-refractivity contribution in [3.63, 3.8) is 0 Å². The Bertz CT molecular complexity index is 1220. The second kappa shape index (κ2) is 7.70. The van der Waals surface area contributed by atoms with Crippen LogP contribution < -0.4 is 10.7 Å². The Morgan fingerprint density at radius 2 is 1.68 bits per heavy atom. The highest BCUT2D eigenvalue weighted by Gasteiger charge is 2.51. The molecule has 0 unspecified atom stereocenters. The molecule has 0 bridgehead atoms. The van der Waals surface area contributed by atoms with Crippen LogP contribution in [0.3, 0.4) is 0 Å². The second-order valence-electron chi connectivity index (χ2n) is 7.00. The number of carbonyl (C=O) groups is 2. The number of amides is 2. The summed E-state index contributed by atoms with van der Waals surface area (Å²) in [4.78, 5) is 26.7. The standard InChI is InChI=1S/C24H17N3O3S/c28-22(27-25-14-18-12-7-13-30-18)21-20-19(15-31-21)24(23(29)26-20,16-8-3-1-4-9-16)17-10-5-2-6-11-17/h1-15H,(H,26,29)(H,27,28)/b25-14+. The lowest BCUT2D eigenvalue weighted by Crippen LogP contribution is -2.36. The molecule has 2 amide bonds. The van der Waals surface area contributed by atoms with E-state index in [9.17, 15) is 9.59 Å². The highest BCUT2D eigenvalue weighted by Crippen LogP contribution is 2.50. The third-order valence-electron chi connectivity index (χ3n) is 5.30. The lowest BCUT2D eigenvalue weighted by atomic mass is 9.71. The number of thiophene rings is 1. The molecule has 6 nitrogen and oxygen atoms in total. The van der Waals surface area contributed by atoms with Gasteiger partial charge in [0, 0.05) is 5.56 Å². The van der Waals surface area contributed by atoms with Crippen molar-refractivity contribution in [3.05, 3.63) is 112 Å². The third-order valence-corrected chi connectivity index (χ3v) is 6.27. The van der Waals surface area contributed by atoms with Crippen LogP contribution in [0.5, 0.6) is 0 Å². The predicted octanol–water partition coefficient (Wildman–Crippen LogP) is 4.39. The fourth-order valence-electron chi connectivity index (χ4n) is 3.94. The molecule has 0 saturated carbocycles. The summed E-state index contributed by atoms with van der Waals surface area (Å²) in [6.07, 6.45) is 2.94. The summed E-state index contributed by atoms with van der Waals surface area (Å²) in [6.45, 7) is 0. The highest BCUT2D eigenvalue weighted by atomic mass is 32.1. The number of benzene rings is 2. The number of hydrogen-bond acceptors (Lipinski definition) is 5. The first-order valence-corrected chi connectivity index (χ1v) is 10.5. The van der Waals surface area contributed by atoms with E-state index in [2.05, 4.69) is 15.8 Å². The molecule has 31 heavy (non-hydrogen) atoms. The quantitative estimate of drug-likeness (QED) is 0.366. The average molecular weight is 427 g/mol. The Labute approximate surface area is 182 Å². The van der Waals surface area contributed by atoms with E-state index in [1.165, 1.54) is 23.8 Å². The van der Waals surface area contributed by atoms with Crippen molar-refractivity contribution < 1.29 is 14.0 Å². The van der Waals surface area contributed by atoms with Crippen molar-refractivity contribution in [2.75, 3.05) is 5.32 Å². The molecule has 1 aliphatic rings. The van der Waals surface area contributed by atoms with Crippen LogP contribution in [0.1, 0.15) is 32.1 Å². The van der Waals surface area contributed by atoms with E-state index in [0.717, 1.165) is 16.7 Å². The number of nitrogens with one attached hydrogen (secondary N) is 2. The van der Waals surface area contributed by atoms with E-state index in [1.54, 1.807) is 12.1 Å². The van der Waals surface area contributed by atoms with Gasteiger partial charge in [-0.05, 0) is 28.6 Å². The molecule has 0 aliphatic carbocycles. The van der Waals surface area contributed by atoms with Crippen LogP contribution in [0.4, 0.5) is 5.69 Å². The topological polar surface area (TPSA) is 83.7 Å². The smallest absolute Gasteiger partial charge is 0.283 e. The fraction of sp³-hybridized carbons (Fsp3) is 0.0417. The molecule has 5 rings (SSSR count). The van der Waals surface area contributed by atoms with Crippen LogP contribution in [0, 0.1) is 0 Å². The largest absolute Gasteiger partial charge is 0.463 e. The number of hydrazone groups is 1. The molecule has 2 aromatic heterocycles. The molecule has 0 saturated heterocycles. The lowest BCUT2D eigenvalue weighted by molar-refractivity contribution is -0.118. The monoisotopic (exact) mass is 427 g/mol. The number of fused-ring (bicyclic) bond motifs is 1. The Morgan fingerprint density at radius 1 is 1.00 bits per heavy atom. The number of rotatable bonds is 5. The zero-order valence-corrected chi connectivity index (χ0v) is 17.1. The molecule has 1 aliphatic heterocycles. The van der Waals surface area contributed by atoms with Crippen molar-refractivity contribution in [1.29, 1.82) is 0 Å². The van der Waals surface area contributed by atoms with Gasteiger partial charge in [-0.2, -0.15) is 5.10 Å². The Hall–Kier alpha value is -3.97. The van der Waals surface area contributed by atoms with Crippen molar-refractivity contribution in [3.8, 4) is 0 Å². The third kappa shape index (κ3) is 3.06. The summed E-state index contributed by atoms with van der Waals surface area (Å²) >= 11 is 1.28. The van der Waals surface area contributed by atoms with Crippen molar-refractivity contribution in [2.45, 2.75) is 5.41 Å². The van der Waals surface area contributed by atoms with E-state index in [0.29, 0.717) is 16.3 Å². The Kier molecular flexibility index (Phi) is 4.72. The van der Waals surface area contributed by atoms with Crippen LogP contribution in [-0.2, 0) is 10.2 Å². The average Bonchev–Trinajstić information content (AvgIpc) is 3.52. The minimum absolute atomic E-state index is 0.184. The Morgan fingerprint density at radius 3 is 2.29 bits per heavy atom. The maximum Gasteiger partial charge on any atom is 0.283 e. The van der Waals surface area contributed by atoms with Gasteiger partial charge < -0.3 is 9.73 Å². The van der Waals surface area contributed by atoms with E-state index in [1.807, 2.05) is 66.0 Å². The van der Waals surface area contributed by atoms with Gasteiger partial charge in [-0.15, -0.1) is 11.3 Å². The maximum atomic E-state index is 13.5. The van der Waals surface area contributed by atoms with E-state index in [4.69, 9.17) is 4.42 Å². The zero-order valence-electron chi connectivity index (χ0n) is 16.2. The first-order chi connectivity index (χ1) is 15.2. The summed E-state index contributed by atoms with van der Waals surface area (Å²) in [5, 5.41) is 8.78. The van der Waals surface area contributed by atoms with Crippen LogP contribution in [0.2, 0.25) is 0 Å². The summed E-state index contributed by atoms with van der Waals surface area (Å²) in [6, 6.07) is 22.7. The molecule has 2 N–H and O–H groups in total. The van der Waals surface area contributed by atoms with Gasteiger partial charge >= 0.3 is 0 Å². The van der Waals surface area contributed by atoms with Crippen molar-refractivity contribution in [1.82, 2.24) is 5.43 Å². The van der Waals surface area contributed by atoms with E-state index >= 15 is 0 Å². The first kappa shape index (κ1) is 19.0. The van der Waals surface area contributed by atoms with Gasteiger partial charge in [0.25, 0.3) is 5.91 Å². The molecule has 2 aromatic carbocycles. The van der Waals surface area contributed by atoms with Gasteiger partial charge in [0.2, 0.25) is 5.91 Å². The van der Waals surface area contributed by atoms with Crippen molar-refractivity contribution >= 4 is 35.1 Å². The minimum Gasteiger partial charge on any atom is -0.463 e. The lowest BCUT2D eigenvalue weighted by Gasteiger charge is -2.28. The van der Waals surface area contributed by atoms with Crippen LogP contribution in [-0.4, -0.2) is 18.0 Å². The van der Waals surface area contributed by atoms with Gasteiger partial charge in [0.15, 0.2) is 0 Å². The van der Waals surface area contributed by atoms with Gasteiger partial charge in [-0.3, -0.25) is 9.59 Å². The van der Waals surface area contributed by atoms with Gasteiger partial charge in [-0.1, -0.05) is 60.7 Å². The van der Waals surface area contributed by atoms with E-state index < -0.39 is 11.3 Å². The van der Waals surface area contributed by atoms with Crippen LogP contribution >= 0.6 is 11.3 Å². The van der Waals surface area contributed by atoms with Gasteiger partial charge in [0.05, 0.1) is 18.2 Å². The van der Waals surface area contributed by atoms with Crippen LogP contribution in [0.15, 0.2) is 94.0 Å². The number of hydrogen-bond donors (Lipinski definition) is 2. The van der Waals surface area contributed by atoms with Gasteiger partial charge in [-0.25, -0.2) is 5.43 Å². The number of furan rings is 1. The number of carbonyl (C=O) groups excluding carboxylic acids is 2. The minimum atomic E-state index is -1.02. The predicted molar refractivity (Wildman–Crippen MR) is 119 cm³/mol. The van der Waals surface area contributed by atoms with Crippen LogP contribution in [0.25, 0.3) is 0 Å². The Balaban J connectivity index is 1.57. The van der Waals surface area contributed by atoms with Gasteiger partial charge in [0.1, 0.15) is 16.1 Å². The highest BCUT2D eigenvalue weighted by molar-refractivity contribution is 7.13. The molecule has 0 spiro atoms. The molecule has 4 aromatic rings. The second-order valence-corrected chi connectivity index (χ2v) is 7.88. The first-order valence-electron chi connectivity index (χ1n) is 9.62. The molecule has 3 heterocycles. The summed E-state index contributed by atoms with van der Waals surface area (Å²) in [5.41, 5.74) is 4.46. The normalized spacial score (nSPS) is 14.4. The fourth-order valence-corrected chi connectivity index (χ4v) is 4.90. The molecule has 0 radical (unpaired) electrons. The molecule has 152 valence electrons. The number of anilines is 1. The maximum absolute atomic E-state index is 13.5. The summed E-state index contributed by atoms with van der Waals surface area (Å²) < 4.78 is 5.16. The van der Waals surface area contributed by atoms with Crippen molar-refractivity contribution in [2.24, 2.45) is 5.10 Å². The summed E-state index contributed by atoms with van der Waals surface area (Å²) in [5.74, 6) is -0.0562.